The van der Waals surface area contributed by atoms with Crippen LogP contribution in [-0.2, 0) is 10.2 Å². The molecule has 118 valence electrons. The highest BCUT2D eigenvalue weighted by Gasteiger charge is 2.32. The lowest BCUT2D eigenvalue weighted by Crippen LogP contribution is -2.52. The van der Waals surface area contributed by atoms with Crippen molar-refractivity contribution >= 4 is 21.8 Å². The minimum Gasteiger partial charge on any atom is -0.329 e. The van der Waals surface area contributed by atoms with Gasteiger partial charge in [0.1, 0.15) is 0 Å². The standard InChI is InChI=1S/C14H22ClN3O2S/c1-11(12-5-7-13(15)8-6-12)17-21(19,20)18-9-3-2-4-14(18)10-16/h5-8,11,14,17H,2-4,9-10,16H2,1H3. The minimum absolute atomic E-state index is 0.103. The van der Waals surface area contributed by atoms with Crippen molar-refractivity contribution in [3.8, 4) is 0 Å². The van der Waals surface area contributed by atoms with E-state index in [1.54, 1.807) is 12.1 Å². The Labute approximate surface area is 131 Å². The average Bonchev–Trinajstić information content (AvgIpc) is 2.47. The summed E-state index contributed by atoms with van der Waals surface area (Å²) < 4.78 is 29.3. The van der Waals surface area contributed by atoms with Gasteiger partial charge in [0.25, 0.3) is 10.2 Å². The molecule has 1 saturated heterocycles. The molecule has 1 heterocycles. The summed E-state index contributed by atoms with van der Waals surface area (Å²) >= 11 is 5.85. The Morgan fingerprint density at radius 2 is 2.05 bits per heavy atom. The average molecular weight is 332 g/mol. The largest absolute Gasteiger partial charge is 0.329 e. The van der Waals surface area contributed by atoms with E-state index in [0.29, 0.717) is 18.1 Å². The summed E-state index contributed by atoms with van der Waals surface area (Å²) in [4.78, 5) is 0. The van der Waals surface area contributed by atoms with E-state index in [2.05, 4.69) is 4.72 Å². The second-order valence-electron chi connectivity index (χ2n) is 5.39. The summed E-state index contributed by atoms with van der Waals surface area (Å²) in [6.07, 6.45) is 2.74. The van der Waals surface area contributed by atoms with Gasteiger partial charge in [0.2, 0.25) is 0 Å². The molecule has 0 spiro atoms. The summed E-state index contributed by atoms with van der Waals surface area (Å²) in [5.74, 6) is 0. The first-order valence-electron chi connectivity index (χ1n) is 7.18. The molecule has 0 amide bonds. The highest BCUT2D eigenvalue weighted by molar-refractivity contribution is 7.87. The molecule has 0 saturated carbocycles. The van der Waals surface area contributed by atoms with Crippen molar-refractivity contribution in [1.29, 1.82) is 0 Å². The maximum Gasteiger partial charge on any atom is 0.280 e. The Hall–Kier alpha value is -0.660. The van der Waals surface area contributed by atoms with Crippen LogP contribution >= 0.6 is 11.6 Å². The quantitative estimate of drug-likeness (QED) is 0.867. The van der Waals surface area contributed by atoms with Crippen molar-refractivity contribution in [1.82, 2.24) is 9.03 Å². The molecule has 3 N–H and O–H groups in total. The Balaban J connectivity index is 2.10. The highest BCUT2D eigenvalue weighted by atomic mass is 35.5. The molecule has 5 nitrogen and oxygen atoms in total. The lowest BCUT2D eigenvalue weighted by atomic mass is 10.1. The van der Waals surface area contributed by atoms with Crippen LogP contribution in [0, 0.1) is 0 Å². The molecule has 0 radical (unpaired) electrons. The van der Waals surface area contributed by atoms with Gasteiger partial charge in [-0.1, -0.05) is 30.2 Å². The normalized spacial score (nSPS) is 22.1. The van der Waals surface area contributed by atoms with Crippen LogP contribution < -0.4 is 10.5 Å². The van der Waals surface area contributed by atoms with Gasteiger partial charge in [-0.2, -0.15) is 17.4 Å². The van der Waals surface area contributed by atoms with Gasteiger partial charge in [0, 0.05) is 30.2 Å². The van der Waals surface area contributed by atoms with Crippen LogP contribution in [0.1, 0.15) is 37.8 Å². The molecule has 1 aromatic carbocycles. The molecule has 1 fully saturated rings. The van der Waals surface area contributed by atoms with Gasteiger partial charge in [-0.25, -0.2) is 0 Å². The Morgan fingerprint density at radius 3 is 2.67 bits per heavy atom. The van der Waals surface area contributed by atoms with Crippen molar-refractivity contribution in [2.24, 2.45) is 5.73 Å². The first-order valence-corrected chi connectivity index (χ1v) is 9.00. The molecular weight excluding hydrogens is 310 g/mol. The molecule has 2 atom stereocenters. The van der Waals surface area contributed by atoms with Crippen LogP contribution in [0.15, 0.2) is 24.3 Å². The van der Waals surface area contributed by atoms with Gasteiger partial charge in [0.15, 0.2) is 0 Å². The van der Waals surface area contributed by atoms with E-state index in [9.17, 15) is 8.42 Å². The summed E-state index contributed by atoms with van der Waals surface area (Å²) in [5, 5.41) is 0.632. The van der Waals surface area contributed by atoms with Gasteiger partial charge in [-0.3, -0.25) is 0 Å². The van der Waals surface area contributed by atoms with Crippen molar-refractivity contribution in [3.05, 3.63) is 34.9 Å². The number of piperidine rings is 1. The predicted octanol–water partition coefficient (Wildman–Crippen LogP) is 2.05. The van der Waals surface area contributed by atoms with Crippen LogP contribution in [0.2, 0.25) is 5.02 Å². The molecule has 1 aliphatic heterocycles. The smallest absolute Gasteiger partial charge is 0.280 e. The maximum absolute atomic E-state index is 12.5. The third kappa shape index (κ3) is 4.17. The zero-order valence-corrected chi connectivity index (χ0v) is 13.7. The van der Waals surface area contributed by atoms with Gasteiger partial charge in [-0.05, 0) is 37.5 Å². The number of nitrogens with zero attached hydrogens (tertiary/aromatic N) is 1. The van der Waals surface area contributed by atoms with E-state index in [1.807, 2.05) is 19.1 Å². The molecule has 1 aliphatic rings. The predicted molar refractivity (Wildman–Crippen MR) is 85.3 cm³/mol. The lowest BCUT2D eigenvalue weighted by Gasteiger charge is -2.34. The summed E-state index contributed by atoms with van der Waals surface area (Å²) in [7, 11) is -3.53. The number of nitrogens with one attached hydrogen (secondary N) is 1. The minimum atomic E-state index is -3.53. The number of nitrogens with two attached hydrogens (primary N) is 1. The molecule has 0 aromatic heterocycles. The van der Waals surface area contributed by atoms with Crippen molar-refractivity contribution in [3.63, 3.8) is 0 Å². The van der Waals surface area contributed by atoms with Crippen molar-refractivity contribution in [2.45, 2.75) is 38.3 Å². The van der Waals surface area contributed by atoms with Gasteiger partial charge < -0.3 is 5.73 Å². The monoisotopic (exact) mass is 331 g/mol. The molecule has 0 bridgehead atoms. The third-order valence-corrected chi connectivity index (χ3v) is 5.85. The second kappa shape index (κ2) is 7.07. The Kier molecular flexibility index (Phi) is 5.62. The fourth-order valence-corrected chi connectivity index (χ4v) is 4.43. The number of rotatable bonds is 5. The van der Waals surface area contributed by atoms with E-state index in [-0.39, 0.29) is 12.1 Å². The van der Waals surface area contributed by atoms with Crippen LogP contribution in [0.5, 0.6) is 0 Å². The molecule has 2 unspecified atom stereocenters. The van der Waals surface area contributed by atoms with Crippen LogP contribution in [0.25, 0.3) is 0 Å². The van der Waals surface area contributed by atoms with Crippen molar-refractivity contribution < 1.29 is 8.42 Å². The summed E-state index contributed by atoms with van der Waals surface area (Å²) in [6.45, 7) is 2.71. The summed E-state index contributed by atoms with van der Waals surface area (Å²) in [5.41, 5.74) is 6.58. The summed E-state index contributed by atoms with van der Waals surface area (Å²) in [6, 6.07) is 6.75. The fraction of sp³-hybridized carbons (Fsp3) is 0.571. The first kappa shape index (κ1) is 16.7. The Bertz CT molecular complexity index is 562. The van der Waals surface area contributed by atoms with Crippen LogP contribution in [0.3, 0.4) is 0 Å². The van der Waals surface area contributed by atoms with E-state index < -0.39 is 10.2 Å². The Morgan fingerprint density at radius 1 is 1.38 bits per heavy atom. The van der Waals surface area contributed by atoms with Crippen molar-refractivity contribution in [2.75, 3.05) is 13.1 Å². The van der Waals surface area contributed by atoms with Crippen LogP contribution in [-0.4, -0.2) is 31.9 Å². The third-order valence-electron chi connectivity index (χ3n) is 3.85. The lowest BCUT2D eigenvalue weighted by molar-refractivity contribution is 0.253. The molecule has 0 aliphatic carbocycles. The molecule has 1 aromatic rings. The number of hydrogen-bond donors (Lipinski definition) is 2. The zero-order chi connectivity index (χ0) is 15.5. The first-order chi connectivity index (χ1) is 9.94. The highest BCUT2D eigenvalue weighted by Crippen LogP contribution is 2.22. The number of hydrogen-bond acceptors (Lipinski definition) is 3. The van der Waals surface area contributed by atoms with E-state index in [1.165, 1.54) is 4.31 Å². The van der Waals surface area contributed by atoms with Crippen LogP contribution in [0.4, 0.5) is 0 Å². The molecular formula is C14H22ClN3O2S. The molecule has 21 heavy (non-hydrogen) atoms. The van der Waals surface area contributed by atoms with E-state index in [0.717, 1.165) is 24.8 Å². The molecule has 2 rings (SSSR count). The van der Waals surface area contributed by atoms with Gasteiger partial charge in [0.05, 0.1) is 0 Å². The number of benzene rings is 1. The fourth-order valence-electron chi connectivity index (χ4n) is 2.64. The number of halogens is 1. The second-order valence-corrected chi connectivity index (χ2v) is 7.48. The molecule has 7 heteroatoms. The maximum atomic E-state index is 12.5. The SMILES string of the molecule is CC(NS(=O)(=O)N1CCCCC1CN)c1ccc(Cl)cc1. The zero-order valence-electron chi connectivity index (χ0n) is 12.1. The van der Waals surface area contributed by atoms with E-state index in [4.69, 9.17) is 17.3 Å². The topological polar surface area (TPSA) is 75.4 Å². The van der Waals surface area contributed by atoms with Gasteiger partial charge in [-0.15, -0.1) is 0 Å². The van der Waals surface area contributed by atoms with Gasteiger partial charge >= 0.3 is 0 Å². The van der Waals surface area contributed by atoms with E-state index >= 15 is 0 Å².